The van der Waals surface area contributed by atoms with Crippen LogP contribution >= 0.6 is 0 Å². The van der Waals surface area contributed by atoms with Crippen LogP contribution in [0.3, 0.4) is 0 Å². The minimum Gasteiger partial charge on any atom is -0.464 e. The predicted octanol–water partition coefficient (Wildman–Crippen LogP) is 4.31. The highest BCUT2D eigenvalue weighted by Crippen LogP contribution is 2.42. The zero-order chi connectivity index (χ0) is 23.4. The van der Waals surface area contributed by atoms with E-state index in [-0.39, 0.29) is 34.6 Å². The molecule has 0 spiro atoms. The lowest BCUT2D eigenvalue weighted by atomic mass is 9.80. The van der Waals surface area contributed by atoms with Gasteiger partial charge in [-0.25, -0.2) is 4.39 Å². The van der Waals surface area contributed by atoms with Gasteiger partial charge in [0.25, 0.3) is 10.9 Å². The minimum atomic E-state index is -1.08. The van der Waals surface area contributed by atoms with E-state index in [1.807, 2.05) is 46.8 Å². The summed E-state index contributed by atoms with van der Waals surface area (Å²) in [5.41, 5.74) is -0.600. The Morgan fingerprint density at radius 3 is 2.47 bits per heavy atom. The summed E-state index contributed by atoms with van der Waals surface area (Å²) in [5, 5.41) is 19.3. The van der Waals surface area contributed by atoms with E-state index in [9.17, 15) is 19.1 Å². The maximum Gasteiger partial charge on any atom is 0.253 e. The van der Waals surface area contributed by atoms with Gasteiger partial charge >= 0.3 is 0 Å². The van der Waals surface area contributed by atoms with Crippen LogP contribution in [0.4, 0.5) is 21.5 Å². The van der Waals surface area contributed by atoms with Crippen LogP contribution in [-0.4, -0.2) is 5.11 Å². The van der Waals surface area contributed by atoms with Crippen molar-refractivity contribution < 1.29 is 13.9 Å². The van der Waals surface area contributed by atoms with Crippen LogP contribution in [0.25, 0.3) is 0 Å². The third kappa shape index (κ3) is 3.53. The number of aryl methyl sites for hydroxylation is 1. The average molecular weight is 442 g/mol. The van der Waals surface area contributed by atoms with E-state index in [1.165, 1.54) is 6.07 Å². The van der Waals surface area contributed by atoms with Crippen molar-refractivity contribution in [1.29, 1.82) is 0 Å². The van der Waals surface area contributed by atoms with Crippen LogP contribution in [-0.2, 0) is 0 Å². The van der Waals surface area contributed by atoms with Gasteiger partial charge in [-0.15, -0.1) is 0 Å². The fraction of sp³-hybridized carbons (Fsp3) is 0.417. The van der Waals surface area contributed by atoms with Crippen molar-refractivity contribution in [3.8, 4) is 0 Å². The first-order valence-electron chi connectivity index (χ1n) is 10.7. The lowest BCUT2D eigenvalue weighted by molar-refractivity contribution is 0.144. The number of hydrogen-bond donors (Lipinski definition) is 4. The van der Waals surface area contributed by atoms with Gasteiger partial charge in [-0.05, 0) is 49.4 Å². The van der Waals surface area contributed by atoms with Crippen LogP contribution in [0.5, 0.6) is 0 Å². The molecule has 4 rings (SSSR count). The van der Waals surface area contributed by atoms with Crippen LogP contribution in [0.2, 0.25) is 0 Å². The number of anilines is 3. The Morgan fingerprint density at radius 2 is 1.84 bits per heavy atom. The molecule has 0 saturated carbocycles. The molecule has 32 heavy (non-hydrogen) atoms. The lowest BCUT2D eigenvalue weighted by Crippen LogP contribution is -2.40. The number of rotatable bonds is 7. The molecule has 1 aliphatic heterocycles. The zero-order valence-corrected chi connectivity index (χ0v) is 18.8. The molecule has 1 unspecified atom stereocenters. The molecule has 0 aliphatic carbocycles. The van der Waals surface area contributed by atoms with Crippen molar-refractivity contribution in [2.75, 3.05) is 10.6 Å². The molecule has 0 saturated heterocycles. The molecule has 170 valence electrons. The van der Waals surface area contributed by atoms with E-state index in [2.05, 4.69) is 16.0 Å². The predicted molar refractivity (Wildman–Crippen MR) is 121 cm³/mol. The van der Waals surface area contributed by atoms with Gasteiger partial charge in [0.2, 0.25) is 0 Å². The topological polar surface area (TPSA) is 104 Å². The first kappa shape index (κ1) is 22.2. The molecule has 1 aliphatic rings. The van der Waals surface area contributed by atoms with E-state index in [1.54, 1.807) is 6.07 Å². The fourth-order valence-electron chi connectivity index (χ4n) is 4.20. The summed E-state index contributed by atoms with van der Waals surface area (Å²) in [4.78, 5) is 24.9. The molecular weight excluding hydrogens is 413 g/mol. The molecule has 2 heterocycles. The van der Waals surface area contributed by atoms with Crippen LogP contribution < -0.4 is 26.8 Å². The molecule has 8 heteroatoms. The number of aliphatic hydroxyl groups excluding tert-OH is 1. The Kier molecular flexibility index (Phi) is 5.46. The molecular formula is C24H28FN3O4. The monoisotopic (exact) mass is 441 g/mol. The summed E-state index contributed by atoms with van der Waals surface area (Å²) in [5.74, 6) is 0.762. The van der Waals surface area contributed by atoms with Crippen molar-refractivity contribution in [3.63, 3.8) is 0 Å². The Hall–Kier alpha value is -2.97. The molecule has 0 amide bonds. The maximum atomic E-state index is 14.7. The van der Waals surface area contributed by atoms with Crippen LogP contribution in [0.1, 0.15) is 75.1 Å². The highest BCUT2D eigenvalue weighted by atomic mass is 19.1. The second-order valence-corrected chi connectivity index (χ2v) is 9.12. The van der Waals surface area contributed by atoms with Gasteiger partial charge in [-0.2, -0.15) is 0 Å². The molecule has 1 aromatic heterocycles. The Labute approximate surface area is 185 Å². The van der Waals surface area contributed by atoms with Gasteiger partial charge in [0, 0.05) is 11.6 Å². The number of fused-ring (bicyclic) bond motifs is 1. The van der Waals surface area contributed by atoms with Crippen molar-refractivity contribution in [2.24, 2.45) is 5.41 Å². The Morgan fingerprint density at radius 1 is 1.16 bits per heavy atom. The van der Waals surface area contributed by atoms with E-state index in [4.69, 9.17) is 4.42 Å². The van der Waals surface area contributed by atoms with Gasteiger partial charge in [0.15, 0.2) is 0 Å². The first-order chi connectivity index (χ1) is 15.0. The van der Waals surface area contributed by atoms with E-state index in [0.29, 0.717) is 11.3 Å². The lowest BCUT2D eigenvalue weighted by Gasteiger charge is -2.34. The summed E-state index contributed by atoms with van der Waals surface area (Å²) in [6.45, 7) is 9.79. The Bertz CT molecular complexity index is 1240. The van der Waals surface area contributed by atoms with E-state index < -0.39 is 22.9 Å². The number of nitrogens with one attached hydrogen (secondary N) is 3. The maximum absolute atomic E-state index is 14.7. The van der Waals surface area contributed by atoms with Crippen molar-refractivity contribution in [1.82, 2.24) is 5.32 Å². The second kappa shape index (κ2) is 7.86. The third-order valence-corrected chi connectivity index (χ3v) is 6.56. The summed E-state index contributed by atoms with van der Waals surface area (Å²) >= 11 is 0. The molecule has 4 N–H and O–H groups in total. The zero-order valence-electron chi connectivity index (χ0n) is 18.8. The van der Waals surface area contributed by atoms with Gasteiger partial charge in [0.1, 0.15) is 34.9 Å². The number of furan rings is 1. The summed E-state index contributed by atoms with van der Waals surface area (Å²) in [7, 11) is 0. The molecule has 3 atom stereocenters. The van der Waals surface area contributed by atoms with Gasteiger partial charge in [-0.1, -0.05) is 26.8 Å². The quantitative estimate of drug-likeness (QED) is 0.405. The highest BCUT2D eigenvalue weighted by Gasteiger charge is 2.36. The first-order valence-corrected chi connectivity index (χ1v) is 10.7. The highest BCUT2D eigenvalue weighted by molar-refractivity contribution is 5.81. The summed E-state index contributed by atoms with van der Waals surface area (Å²) < 4.78 is 20.6. The summed E-state index contributed by atoms with van der Waals surface area (Å²) in [6.07, 6.45) is -0.307. The molecule has 0 fully saturated rings. The van der Waals surface area contributed by atoms with Gasteiger partial charge in [-0.3, -0.25) is 14.9 Å². The normalized spacial score (nSPS) is 19.2. The minimum absolute atomic E-state index is 0.0119. The SMILES string of the molecule is CCC(C)(C)[C@@H](Nc1c(Nc2c(F)ccc3c2C(O)N[C@@H]3C)c(=O)c1=O)c1ccc(C)o1. The fourth-order valence-corrected chi connectivity index (χ4v) is 4.20. The molecule has 7 nitrogen and oxygen atoms in total. The van der Waals surface area contributed by atoms with Crippen molar-refractivity contribution in [2.45, 2.75) is 59.4 Å². The number of benzene rings is 1. The van der Waals surface area contributed by atoms with Crippen molar-refractivity contribution >= 4 is 17.1 Å². The van der Waals surface area contributed by atoms with Crippen molar-refractivity contribution in [3.05, 3.63) is 73.2 Å². The molecule has 3 aromatic rings. The third-order valence-electron chi connectivity index (χ3n) is 6.56. The van der Waals surface area contributed by atoms with E-state index in [0.717, 1.165) is 17.7 Å². The molecule has 0 radical (unpaired) electrons. The molecule has 2 aromatic carbocycles. The van der Waals surface area contributed by atoms with Gasteiger partial charge in [0.05, 0.1) is 11.7 Å². The molecule has 0 bridgehead atoms. The Balaban J connectivity index is 1.73. The second-order valence-electron chi connectivity index (χ2n) is 9.12. The largest absolute Gasteiger partial charge is 0.464 e. The van der Waals surface area contributed by atoms with Gasteiger partial charge < -0.3 is 20.2 Å². The average Bonchev–Trinajstić information content (AvgIpc) is 3.30. The number of hydrogen-bond acceptors (Lipinski definition) is 7. The number of halogens is 1. The van der Waals surface area contributed by atoms with E-state index >= 15 is 0 Å². The van der Waals surface area contributed by atoms with Crippen LogP contribution in [0.15, 0.2) is 38.3 Å². The smallest absolute Gasteiger partial charge is 0.253 e. The van der Waals surface area contributed by atoms with Crippen LogP contribution in [0, 0.1) is 18.2 Å². The standard InChI is InChI=1S/C24H28FN3O4/c1-6-24(4,5)22(15-10-7-11(2)32-15)28-19-18(20(29)21(19)30)27-17-14(25)9-8-13-12(3)26-23(31)16(13)17/h7-10,12,22-23,26-28,31H,6H2,1-5H3/t12-,22+,23?/m1/s1. The summed E-state index contributed by atoms with van der Waals surface area (Å²) in [6, 6.07) is 6.01. The number of aliphatic hydroxyl groups is 1.